The molecule has 1 atom stereocenters. The molecular weight excluding hydrogens is 528 g/mol. The van der Waals surface area contributed by atoms with E-state index < -0.39 is 0 Å². The molecule has 0 bridgehead atoms. The predicted molar refractivity (Wildman–Crippen MR) is 118 cm³/mol. The molecular formula is C18H24BrFIN5O. The molecule has 3 rings (SSSR count). The van der Waals surface area contributed by atoms with Gasteiger partial charge in [0.1, 0.15) is 11.9 Å². The van der Waals surface area contributed by atoms with E-state index in [-0.39, 0.29) is 35.9 Å². The number of hydrogen-bond acceptors (Lipinski definition) is 3. The fourth-order valence-corrected chi connectivity index (χ4v) is 3.27. The number of aliphatic imine (C=N–C) groups is 1. The number of aryl methyl sites for hydroxylation is 1. The third kappa shape index (κ3) is 5.89. The maximum Gasteiger partial charge on any atom is 0.194 e. The van der Waals surface area contributed by atoms with Gasteiger partial charge >= 0.3 is 0 Å². The Kier molecular flexibility index (Phi) is 8.49. The third-order valence-electron chi connectivity index (χ3n) is 4.20. The first-order valence-electron chi connectivity index (χ1n) is 8.64. The second kappa shape index (κ2) is 10.4. The van der Waals surface area contributed by atoms with Crippen molar-refractivity contribution in [2.75, 3.05) is 26.2 Å². The van der Waals surface area contributed by atoms with Crippen LogP contribution in [0, 0.1) is 5.82 Å². The number of hydrogen-bond donors (Lipinski definition) is 1. The molecule has 2 aromatic rings. The van der Waals surface area contributed by atoms with Crippen LogP contribution in [0.25, 0.3) is 0 Å². The molecule has 1 N–H and O–H groups in total. The van der Waals surface area contributed by atoms with E-state index in [2.05, 4.69) is 31.2 Å². The van der Waals surface area contributed by atoms with Crippen LogP contribution in [0.15, 0.2) is 40.1 Å². The summed E-state index contributed by atoms with van der Waals surface area (Å²) in [6, 6.07) is 4.65. The summed E-state index contributed by atoms with van der Waals surface area (Å²) in [7, 11) is 1.90. The number of ether oxygens (including phenoxy) is 1. The van der Waals surface area contributed by atoms with E-state index in [0.29, 0.717) is 19.7 Å². The second-order valence-corrected chi connectivity index (χ2v) is 7.01. The summed E-state index contributed by atoms with van der Waals surface area (Å²) in [5.74, 6) is 0.548. The zero-order chi connectivity index (χ0) is 18.5. The van der Waals surface area contributed by atoms with Gasteiger partial charge in [0.25, 0.3) is 0 Å². The molecule has 1 aromatic heterocycles. The molecule has 1 saturated heterocycles. The number of morpholine rings is 1. The van der Waals surface area contributed by atoms with E-state index in [4.69, 9.17) is 9.73 Å². The van der Waals surface area contributed by atoms with Crippen LogP contribution in [0.3, 0.4) is 0 Å². The molecule has 0 saturated carbocycles. The SMILES string of the molecule is CCNC(=NCc1cc(F)ccc1Br)N1CCOC(c2cnn(C)c2)C1.I. The minimum absolute atomic E-state index is 0. The van der Waals surface area contributed by atoms with Crippen molar-refractivity contribution in [2.45, 2.75) is 19.6 Å². The second-order valence-electron chi connectivity index (χ2n) is 6.16. The summed E-state index contributed by atoms with van der Waals surface area (Å²) in [5.41, 5.74) is 1.87. The Balaban J connectivity index is 0.00000261. The number of aromatic nitrogens is 2. The van der Waals surface area contributed by atoms with Crippen molar-refractivity contribution in [3.8, 4) is 0 Å². The first kappa shape index (κ1) is 22.1. The lowest BCUT2D eigenvalue weighted by atomic mass is 10.1. The van der Waals surface area contributed by atoms with Crippen LogP contribution in [0.1, 0.15) is 24.2 Å². The molecule has 2 heterocycles. The summed E-state index contributed by atoms with van der Waals surface area (Å²) >= 11 is 3.46. The quantitative estimate of drug-likeness (QED) is 0.359. The number of guanidine groups is 1. The van der Waals surface area contributed by atoms with Crippen molar-refractivity contribution in [3.63, 3.8) is 0 Å². The zero-order valence-corrected chi connectivity index (χ0v) is 19.3. The summed E-state index contributed by atoms with van der Waals surface area (Å²) < 4.78 is 22.0. The Morgan fingerprint density at radius 2 is 2.30 bits per heavy atom. The van der Waals surface area contributed by atoms with E-state index in [9.17, 15) is 4.39 Å². The summed E-state index contributed by atoms with van der Waals surface area (Å²) in [5, 5.41) is 7.55. The van der Waals surface area contributed by atoms with Crippen LogP contribution in [-0.2, 0) is 18.3 Å². The molecule has 9 heteroatoms. The maximum atomic E-state index is 13.5. The first-order chi connectivity index (χ1) is 12.6. The smallest absolute Gasteiger partial charge is 0.194 e. The number of rotatable bonds is 4. The Bertz CT molecular complexity index is 785. The molecule has 6 nitrogen and oxygen atoms in total. The summed E-state index contributed by atoms with van der Waals surface area (Å²) in [4.78, 5) is 6.88. The van der Waals surface area contributed by atoms with Gasteiger partial charge in [-0.15, -0.1) is 24.0 Å². The zero-order valence-electron chi connectivity index (χ0n) is 15.4. The van der Waals surface area contributed by atoms with Gasteiger partial charge in [-0.05, 0) is 30.7 Å². The molecule has 27 heavy (non-hydrogen) atoms. The number of nitrogens with zero attached hydrogens (tertiary/aromatic N) is 4. The molecule has 148 valence electrons. The lowest BCUT2D eigenvalue weighted by molar-refractivity contribution is -0.00805. The fourth-order valence-electron chi connectivity index (χ4n) is 2.90. The summed E-state index contributed by atoms with van der Waals surface area (Å²) in [6.45, 7) is 5.27. The van der Waals surface area contributed by atoms with Crippen molar-refractivity contribution < 1.29 is 9.13 Å². The van der Waals surface area contributed by atoms with Gasteiger partial charge in [0, 0.05) is 36.4 Å². The molecule has 1 aliphatic heterocycles. The third-order valence-corrected chi connectivity index (χ3v) is 4.98. The van der Waals surface area contributed by atoms with Crippen molar-refractivity contribution in [2.24, 2.45) is 12.0 Å². The average molecular weight is 552 g/mol. The van der Waals surface area contributed by atoms with Crippen LogP contribution in [-0.4, -0.2) is 46.9 Å². The van der Waals surface area contributed by atoms with Crippen LogP contribution < -0.4 is 5.32 Å². The molecule has 0 radical (unpaired) electrons. The van der Waals surface area contributed by atoms with Crippen molar-refractivity contribution in [1.82, 2.24) is 20.0 Å². The lowest BCUT2D eigenvalue weighted by Gasteiger charge is -2.34. The molecule has 1 aromatic carbocycles. The predicted octanol–water partition coefficient (Wildman–Crippen LogP) is 3.48. The largest absolute Gasteiger partial charge is 0.370 e. The average Bonchev–Trinajstić information content (AvgIpc) is 3.08. The van der Waals surface area contributed by atoms with E-state index in [0.717, 1.165) is 34.6 Å². The van der Waals surface area contributed by atoms with E-state index in [1.165, 1.54) is 12.1 Å². The Morgan fingerprint density at radius 3 is 3.00 bits per heavy atom. The van der Waals surface area contributed by atoms with Crippen LogP contribution in [0.5, 0.6) is 0 Å². The monoisotopic (exact) mass is 551 g/mol. The van der Waals surface area contributed by atoms with Gasteiger partial charge in [-0.1, -0.05) is 15.9 Å². The van der Waals surface area contributed by atoms with Gasteiger partial charge in [-0.2, -0.15) is 5.10 Å². The van der Waals surface area contributed by atoms with Gasteiger partial charge in [0.2, 0.25) is 0 Å². The Hall–Kier alpha value is -1.20. The normalized spacial score (nSPS) is 17.6. The highest BCUT2D eigenvalue weighted by Crippen LogP contribution is 2.22. The standard InChI is InChI=1S/C18H23BrFN5O.HI/c1-3-21-18(22-9-13-8-15(20)4-5-16(13)19)25-6-7-26-17(12-25)14-10-23-24(2)11-14;/h4-5,8,10-11,17H,3,6-7,9,12H2,1-2H3,(H,21,22);1H. The van der Waals surface area contributed by atoms with Gasteiger partial charge in [0.15, 0.2) is 5.96 Å². The first-order valence-corrected chi connectivity index (χ1v) is 9.43. The highest BCUT2D eigenvalue weighted by Gasteiger charge is 2.25. The van der Waals surface area contributed by atoms with Gasteiger partial charge in [0.05, 0.1) is 25.9 Å². The molecule has 0 aliphatic carbocycles. The Morgan fingerprint density at radius 1 is 1.48 bits per heavy atom. The van der Waals surface area contributed by atoms with Gasteiger partial charge < -0.3 is 15.0 Å². The minimum atomic E-state index is -0.258. The topological polar surface area (TPSA) is 54.7 Å². The molecule has 1 unspecified atom stereocenters. The highest BCUT2D eigenvalue weighted by atomic mass is 127. The number of halogens is 3. The highest BCUT2D eigenvalue weighted by molar-refractivity contribution is 14.0. The van der Waals surface area contributed by atoms with Crippen LogP contribution >= 0.6 is 39.9 Å². The van der Waals surface area contributed by atoms with Gasteiger partial charge in [-0.3, -0.25) is 4.68 Å². The maximum absolute atomic E-state index is 13.5. The molecule has 1 aliphatic rings. The van der Waals surface area contributed by atoms with Crippen molar-refractivity contribution >= 4 is 45.9 Å². The molecule has 0 spiro atoms. The van der Waals surface area contributed by atoms with Gasteiger partial charge in [-0.25, -0.2) is 9.38 Å². The number of nitrogens with one attached hydrogen (secondary N) is 1. The van der Waals surface area contributed by atoms with Crippen molar-refractivity contribution in [3.05, 3.63) is 52.0 Å². The fraction of sp³-hybridized carbons (Fsp3) is 0.444. The van der Waals surface area contributed by atoms with Crippen LogP contribution in [0.2, 0.25) is 0 Å². The number of benzene rings is 1. The van der Waals surface area contributed by atoms with E-state index in [1.807, 2.05) is 26.4 Å². The van der Waals surface area contributed by atoms with Crippen LogP contribution in [0.4, 0.5) is 4.39 Å². The lowest BCUT2D eigenvalue weighted by Crippen LogP contribution is -2.48. The van der Waals surface area contributed by atoms with E-state index in [1.54, 1.807) is 10.7 Å². The summed E-state index contributed by atoms with van der Waals surface area (Å²) in [6.07, 6.45) is 3.77. The molecule has 0 amide bonds. The Labute approximate surface area is 184 Å². The molecule has 1 fully saturated rings. The van der Waals surface area contributed by atoms with Crippen molar-refractivity contribution in [1.29, 1.82) is 0 Å². The van der Waals surface area contributed by atoms with E-state index >= 15 is 0 Å². The minimum Gasteiger partial charge on any atom is -0.370 e.